The fourth-order valence-corrected chi connectivity index (χ4v) is 4.06. The highest BCUT2D eigenvalue weighted by Crippen LogP contribution is 2.26. The summed E-state index contributed by atoms with van der Waals surface area (Å²) in [6, 6.07) is 9.12. The first-order chi connectivity index (χ1) is 18.2. The standard InChI is InChI=1S/C25H25ClFN7O4/c1-15(2)11-22(35)38-23(16-3-6-19(27)7-4-16)25(37)34-21(9-10-30-34)24(36)28-13-17-12-18(26)5-8-20(17)33-14-29-31-32-33/h3-8,10,12,14-15,21,23H,9,11,13H2,1-2H3,(H,28,36)/t21-,23+/m0/s1. The largest absolute Gasteiger partial charge is 0.447 e. The molecule has 38 heavy (non-hydrogen) atoms. The molecule has 4 rings (SSSR count). The number of hydrogen-bond donors (Lipinski definition) is 1. The maximum atomic E-state index is 13.5. The van der Waals surface area contributed by atoms with Crippen molar-refractivity contribution in [2.45, 2.75) is 45.4 Å². The van der Waals surface area contributed by atoms with Crippen molar-refractivity contribution in [1.82, 2.24) is 30.5 Å². The third kappa shape index (κ3) is 6.38. The van der Waals surface area contributed by atoms with E-state index < -0.39 is 35.7 Å². The highest BCUT2D eigenvalue weighted by atomic mass is 35.5. The predicted molar refractivity (Wildman–Crippen MR) is 134 cm³/mol. The van der Waals surface area contributed by atoms with Crippen LogP contribution in [0.25, 0.3) is 5.69 Å². The molecule has 2 heterocycles. The highest BCUT2D eigenvalue weighted by Gasteiger charge is 2.38. The molecule has 0 unspecified atom stereocenters. The second kappa shape index (κ2) is 11.9. The highest BCUT2D eigenvalue weighted by molar-refractivity contribution is 6.30. The van der Waals surface area contributed by atoms with Crippen LogP contribution < -0.4 is 5.32 Å². The van der Waals surface area contributed by atoms with Crippen LogP contribution in [0.2, 0.25) is 5.02 Å². The number of nitrogens with zero attached hydrogens (tertiary/aromatic N) is 6. The molecule has 13 heteroatoms. The molecule has 0 bridgehead atoms. The Morgan fingerprint density at radius 2 is 1.95 bits per heavy atom. The van der Waals surface area contributed by atoms with E-state index in [0.717, 1.165) is 17.1 Å². The molecule has 1 N–H and O–H groups in total. The van der Waals surface area contributed by atoms with Crippen LogP contribution in [0.15, 0.2) is 53.9 Å². The fraction of sp³-hybridized carbons (Fsp3) is 0.320. The zero-order chi connectivity index (χ0) is 27.2. The average Bonchev–Trinajstić information content (AvgIpc) is 3.58. The van der Waals surface area contributed by atoms with E-state index in [0.29, 0.717) is 16.3 Å². The molecular weight excluding hydrogens is 517 g/mol. The van der Waals surface area contributed by atoms with Gasteiger partial charge in [-0.15, -0.1) is 5.10 Å². The smallest absolute Gasteiger partial charge is 0.307 e. The van der Waals surface area contributed by atoms with Gasteiger partial charge < -0.3 is 10.1 Å². The second-order valence-electron chi connectivity index (χ2n) is 9.00. The quantitative estimate of drug-likeness (QED) is 0.412. The average molecular weight is 542 g/mol. The third-order valence-electron chi connectivity index (χ3n) is 5.67. The minimum atomic E-state index is -1.40. The zero-order valence-corrected chi connectivity index (χ0v) is 21.4. The lowest BCUT2D eigenvalue weighted by Crippen LogP contribution is -2.46. The molecule has 2 atom stereocenters. The minimum absolute atomic E-state index is 0.000474. The number of carbonyl (C=O) groups excluding carboxylic acids is 3. The molecule has 0 spiro atoms. The number of nitrogens with one attached hydrogen (secondary N) is 1. The van der Waals surface area contributed by atoms with Crippen LogP contribution >= 0.6 is 11.6 Å². The van der Waals surface area contributed by atoms with Crippen molar-refractivity contribution in [3.05, 3.63) is 70.8 Å². The predicted octanol–water partition coefficient (Wildman–Crippen LogP) is 2.99. The zero-order valence-electron chi connectivity index (χ0n) is 20.6. The molecule has 2 aromatic carbocycles. The maximum Gasteiger partial charge on any atom is 0.307 e. The van der Waals surface area contributed by atoms with Crippen LogP contribution in [0, 0.1) is 11.7 Å². The number of esters is 1. The van der Waals surface area contributed by atoms with E-state index in [1.54, 1.807) is 18.2 Å². The van der Waals surface area contributed by atoms with Crippen LogP contribution in [0.1, 0.15) is 43.9 Å². The van der Waals surface area contributed by atoms with Crippen molar-refractivity contribution in [3.8, 4) is 5.69 Å². The number of tetrazole rings is 1. The molecule has 1 aliphatic rings. The molecule has 0 saturated heterocycles. The first-order valence-corrected chi connectivity index (χ1v) is 12.2. The van der Waals surface area contributed by atoms with Gasteiger partial charge in [0.1, 0.15) is 18.2 Å². The van der Waals surface area contributed by atoms with Gasteiger partial charge in [0, 0.05) is 36.2 Å². The van der Waals surface area contributed by atoms with Crippen LogP contribution in [0.5, 0.6) is 0 Å². The number of rotatable bonds is 9. The van der Waals surface area contributed by atoms with E-state index >= 15 is 0 Å². The minimum Gasteiger partial charge on any atom is -0.447 e. The molecule has 0 aliphatic carbocycles. The topological polar surface area (TPSA) is 132 Å². The van der Waals surface area contributed by atoms with Crippen molar-refractivity contribution in [2.75, 3.05) is 0 Å². The number of hydrazone groups is 1. The van der Waals surface area contributed by atoms with Gasteiger partial charge in [0.25, 0.3) is 5.91 Å². The molecule has 1 aromatic heterocycles. The molecule has 198 valence electrons. The summed E-state index contributed by atoms with van der Waals surface area (Å²) < 4.78 is 20.5. The summed E-state index contributed by atoms with van der Waals surface area (Å²) in [5, 5.41) is 19.5. The monoisotopic (exact) mass is 541 g/mol. The van der Waals surface area contributed by atoms with Gasteiger partial charge in [0.05, 0.1) is 5.69 Å². The normalized spacial score (nSPS) is 15.5. The van der Waals surface area contributed by atoms with Crippen LogP contribution in [-0.4, -0.2) is 55.3 Å². The molecule has 0 saturated carbocycles. The van der Waals surface area contributed by atoms with Gasteiger partial charge in [-0.2, -0.15) is 5.10 Å². The molecule has 0 fully saturated rings. The van der Waals surface area contributed by atoms with E-state index in [9.17, 15) is 18.8 Å². The number of benzene rings is 2. The van der Waals surface area contributed by atoms with Crippen molar-refractivity contribution < 1.29 is 23.5 Å². The Morgan fingerprint density at radius 3 is 2.63 bits per heavy atom. The first kappa shape index (κ1) is 26.9. The summed E-state index contributed by atoms with van der Waals surface area (Å²) in [7, 11) is 0. The Balaban J connectivity index is 1.51. The Kier molecular flexibility index (Phi) is 8.41. The SMILES string of the molecule is CC(C)CC(=O)O[C@@H](C(=O)N1N=CC[C@H]1C(=O)NCc1cc(Cl)ccc1-n1cnnn1)c1ccc(F)cc1. The van der Waals surface area contributed by atoms with Gasteiger partial charge in [-0.05, 0) is 52.2 Å². The molecular formula is C25H25ClFN7O4. The van der Waals surface area contributed by atoms with Gasteiger partial charge in [0.15, 0.2) is 0 Å². The number of aromatic nitrogens is 4. The van der Waals surface area contributed by atoms with E-state index in [1.165, 1.54) is 29.4 Å². The number of ether oxygens (including phenoxy) is 1. The van der Waals surface area contributed by atoms with Crippen molar-refractivity contribution >= 4 is 35.6 Å². The summed E-state index contributed by atoms with van der Waals surface area (Å²) in [5.41, 5.74) is 1.52. The lowest BCUT2D eigenvalue weighted by Gasteiger charge is -2.26. The number of carbonyl (C=O) groups is 3. The lowest BCUT2D eigenvalue weighted by atomic mass is 10.1. The molecule has 1 aliphatic heterocycles. The van der Waals surface area contributed by atoms with Gasteiger partial charge in [0.2, 0.25) is 12.0 Å². The molecule has 2 amide bonds. The fourth-order valence-electron chi connectivity index (χ4n) is 3.87. The van der Waals surface area contributed by atoms with Crippen molar-refractivity contribution in [2.24, 2.45) is 11.0 Å². The van der Waals surface area contributed by atoms with Crippen LogP contribution in [0.4, 0.5) is 4.39 Å². The summed E-state index contributed by atoms with van der Waals surface area (Å²) in [5.74, 6) is -2.31. The summed E-state index contributed by atoms with van der Waals surface area (Å²) >= 11 is 6.15. The van der Waals surface area contributed by atoms with Crippen molar-refractivity contribution in [3.63, 3.8) is 0 Å². The Bertz CT molecular complexity index is 1330. The Hall–Kier alpha value is -4.19. The third-order valence-corrected chi connectivity index (χ3v) is 5.91. The van der Waals surface area contributed by atoms with E-state index in [2.05, 4.69) is 25.9 Å². The van der Waals surface area contributed by atoms with E-state index in [4.69, 9.17) is 16.3 Å². The summed E-state index contributed by atoms with van der Waals surface area (Å²) in [4.78, 5) is 39.1. The Labute approximate surface area is 222 Å². The van der Waals surface area contributed by atoms with E-state index in [-0.39, 0.29) is 30.9 Å². The van der Waals surface area contributed by atoms with Crippen LogP contribution in [0.3, 0.4) is 0 Å². The van der Waals surface area contributed by atoms with Crippen molar-refractivity contribution in [1.29, 1.82) is 0 Å². The second-order valence-corrected chi connectivity index (χ2v) is 9.43. The van der Waals surface area contributed by atoms with Gasteiger partial charge >= 0.3 is 5.97 Å². The maximum absolute atomic E-state index is 13.5. The van der Waals surface area contributed by atoms with Gasteiger partial charge in [-0.25, -0.2) is 14.1 Å². The summed E-state index contributed by atoms with van der Waals surface area (Å²) in [6.07, 6.45) is 1.69. The van der Waals surface area contributed by atoms with Gasteiger partial charge in [-0.1, -0.05) is 37.6 Å². The molecule has 3 aromatic rings. The van der Waals surface area contributed by atoms with E-state index in [1.807, 2.05) is 13.8 Å². The summed E-state index contributed by atoms with van der Waals surface area (Å²) in [6.45, 7) is 3.75. The first-order valence-electron chi connectivity index (χ1n) is 11.8. The van der Waals surface area contributed by atoms with Gasteiger partial charge in [-0.3, -0.25) is 14.4 Å². The lowest BCUT2D eigenvalue weighted by molar-refractivity contribution is -0.163. The number of hydrogen-bond acceptors (Lipinski definition) is 8. The molecule has 0 radical (unpaired) electrons. The van der Waals surface area contributed by atoms with Crippen LogP contribution in [-0.2, 0) is 25.7 Å². The number of halogens is 2. The molecule has 11 nitrogen and oxygen atoms in total. The Morgan fingerprint density at radius 1 is 1.18 bits per heavy atom. The number of amides is 2.